The molecule has 4 nitrogen and oxygen atoms in total. The lowest BCUT2D eigenvalue weighted by molar-refractivity contribution is 0.148. The van der Waals surface area contributed by atoms with Gasteiger partial charge < -0.3 is 16.0 Å². The summed E-state index contributed by atoms with van der Waals surface area (Å²) in [5.41, 5.74) is 6.63. The Morgan fingerprint density at radius 2 is 1.86 bits per heavy atom. The lowest BCUT2D eigenvalue weighted by atomic mass is 9.79. The summed E-state index contributed by atoms with van der Waals surface area (Å²) in [6, 6.07) is 3.59. The molecule has 2 amide bonds. The Bertz CT molecular complexity index is 537. The molecule has 0 aromatic heterocycles. The zero-order valence-electron chi connectivity index (χ0n) is 11.7. The van der Waals surface area contributed by atoms with E-state index in [4.69, 9.17) is 28.9 Å². The number of benzene rings is 1. The van der Waals surface area contributed by atoms with Crippen molar-refractivity contribution in [2.45, 2.75) is 38.1 Å². The number of anilines is 2. The third kappa shape index (κ3) is 2.92. The van der Waals surface area contributed by atoms with Crippen molar-refractivity contribution in [3.05, 3.63) is 22.2 Å². The van der Waals surface area contributed by atoms with E-state index in [1.807, 2.05) is 4.90 Å². The molecular formula is C15H19Cl2N3O. The van der Waals surface area contributed by atoms with Crippen LogP contribution >= 0.6 is 23.2 Å². The number of hydrogen-bond acceptors (Lipinski definition) is 2. The van der Waals surface area contributed by atoms with Crippen molar-refractivity contribution in [3.8, 4) is 0 Å². The first-order valence-electron chi connectivity index (χ1n) is 7.38. The minimum atomic E-state index is -0.0682. The molecule has 2 aliphatic rings. The SMILES string of the molecule is Nc1c(Cl)cc(NC(=O)N2CCC[C@@H]2C2CCC2)cc1Cl. The van der Waals surface area contributed by atoms with Crippen LogP contribution in [0.3, 0.4) is 0 Å². The molecule has 0 bridgehead atoms. The fraction of sp³-hybridized carbons (Fsp3) is 0.533. The predicted octanol–water partition coefficient (Wildman–Crippen LogP) is 4.37. The van der Waals surface area contributed by atoms with Gasteiger partial charge in [-0.2, -0.15) is 0 Å². The molecule has 1 aliphatic heterocycles. The number of carbonyl (C=O) groups is 1. The van der Waals surface area contributed by atoms with Crippen LogP contribution in [0.1, 0.15) is 32.1 Å². The smallest absolute Gasteiger partial charge is 0.322 e. The summed E-state index contributed by atoms with van der Waals surface area (Å²) in [7, 11) is 0. The largest absolute Gasteiger partial charge is 0.396 e. The zero-order chi connectivity index (χ0) is 15.0. The van der Waals surface area contributed by atoms with Gasteiger partial charge >= 0.3 is 6.03 Å². The zero-order valence-corrected chi connectivity index (χ0v) is 13.3. The molecule has 114 valence electrons. The highest BCUT2D eigenvalue weighted by Gasteiger charge is 2.37. The van der Waals surface area contributed by atoms with E-state index in [1.54, 1.807) is 12.1 Å². The van der Waals surface area contributed by atoms with Crippen LogP contribution in [0.4, 0.5) is 16.2 Å². The van der Waals surface area contributed by atoms with E-state index in [1.165, 1.54) is 19.3 Å². The first-order chi connectivity index (χ1) is 10.1. The van der Waals surface area contributed by atoms with Crippen molar-refractivity contribution < 1.29 is 4.79 Å². The summed E-state index contributed by atoms with van der Waals surface area (Å²) >= 11 is 12.0. The first kappa shape index (κ1) is 14.8. The Labute approximate surface area is 134 Å². The standard InChI is InChI=1S/C15H19Cl2N3O/c16-11-7-10(8-12(17)14(11)18)19-15(21)20-6-2-5-13(20)9-3-1-4-9/h7-9,13H,1-6,18H2,(H,19,21)/t13-/m1/s1. The number of urea groups is 1. The van der Waals surface area contributed by atoms with Gasteiger partial charge in [-0.25, -0.2) is 4.79 Å². The van der Waals surface area contributed by atoms with E-state index in [9.17, 15) is 4.79 Å². The average molecular weight is 328 g/mol. The second-order valence-corrected chi connectivity index (χ2v) is 6.69. The van der Waals surface area contributed by atoms with Crippen LogP contribution in [0.2, 0.25) is 10.0 Å². The lowest BCUT2D eigenvalue weighted by Crippen LogP contribution is -2.44. The molecule has 0 spiro atoms. The van der Waals surface area contributed by atoms with Gasteiger partial charge in [-0.05, 0) is 43.7 Å². The average Bonchev–Trinajstić information content (AvgIpc) is 2.82. The first-order valence-corrected chi connectivity index (χ1v) is 8.14. The van der Waals surface area contributed by atoms with Gasteiger partial charge in [-0.3, -0.25) is 0 Å². The molecule has 1 saturated heterocycles. The maximum absolute atomic E-state index is 12.5. The molecule has 21 heavy (non-hydrogen) atoms. The molecule has 3 N–H and O–H groups in total. The van der Waals surface area contributed by atoms with Gasteiger partial charge in [0.1, 0.15) is 0 Å². The van der Waals surface area contributed by atoms with Gasteiger partial charge in [0.15, 0.2) is 0 Å². The van der Waals surface area contributed by atoms with Crippen molar-refractivity contribution >= 4 is 40.6 Å². The van der Waals surface area contributed by atoms with Gasteiger partial charge in [0, 0.05) is 18.3 Å². The minimum absolute atomic E-state index is 0.0682. The maximum Gasteiger partial charge on any atom is 0.322 e. The molecule has 1 aromatic carbocycles. The summed E-state index contributed by atoms with van der Waals surface area (Å²) in [5, 5.41) is 3.60. The van der Waals surface area contributed by atoms with Gasteiger partial charge in [-0.1, -0.05) is 29.6 Å². The van der Waals surface area contributed by atoms with E-state index in [0.717, 1.165) is 19.4 Å². The molecule has 1 saturated carbocycles. The number of amides is 2. The van der Waals surface area contributed by atoms with Crippen molar-refractivity contribution in [1.29, 1.82) is 0 Å². The fourth-order valence-corrected chi connectivity index (χ4v) is 3.70. The van der Waals surface area contributed by atoms with Gasteiger partial charge in [0.05, 0.1) is 15.7 Å². The summed E-state index contributed by atoms with van der Waals surface area (Å²) in [5.74, 6) is 0.678. The van der Waals surface area contributed by atoms with E-state index in [0.29, 0.717) is 33.4 Å². The van der Waals surface area contributed by atoms with Crippen LogP contribution in [0, 0.1) is 5.92 Å². The number of carbonyl (C=O) groups excluding carboxylic acids is 1. The van der Waals surface area contributed by atoms with Crippen LogP contribution in [-0.2, 0) is 0 Å². The van der Waals surface area contributed by atoms with E-state index < -0.39 is 0 Å². The maximum atomic E-state index is 12.5. The highest BCUT2D eigenvalue weighted by Crippen LogP contribution is 2.37. The Hall–Kier alpha value is -1.13. The third-order valence-corrected chi connectivity index (χ3v) is 5.21. The number of halogens is 2. The van der Waals surface area contributed by atoms with Crippen molar-refractivity contribution in [2.75, 3.05) is 17.6 Å². The summed E-state index contributed by atoms with van der Waals surface area (Å²) in [6.45, 7) is 0.823. The van der Waals surface area contributed by atoms with E-state index in [2.05, 4.69) is 5.32 Å². The Morgan fingerprint density at radius 3 is 2.43 bits per heavy atom. The Balaban J connectivity index is 1.71. The molecule has 3 rings (SSSR count). The van der Waals surface area contributed by atoms with E-state index >= 15 is 0 Å². The quantitative estimate of drug-likeness (QED) is 0.792. The third-order valence-electron chi connectivity index (χ3n) is 4.58. The normalized spacial score (nSPS) is 22.2. The number of nitrogens with zero attached hydrogens (tertiary/aromatic N) is 1. The molecule has 0 radical (unpaired) electrons. The van der Waals surface area contributed by atoms with Gasteiger partial charge in [0.2, 0.25) is 0 Å². The van der Waals surface area contributed by atoms with Crippen LogP contribution in [0.15, 0.2) is 12.1 Å². The number of nitrogen functional groups attached to an aromatic ring is 1. The summed E-state index contributed by atoms with van der Waals surface area (Å²) in [6.07, 6.45) is 5.97. The molecule has 1 aromatic rings. The Morgan fingerprint density at radius 1 is 1.19 bits per heavy atom. The second kappa shape index (κ2) is 5.93. The number of nitrogens with two attached hydrogens (primary N) is 1. The Kier molecular flexibility index (Phi) is 4.18. The van der Waals surface area contributed by atoms with Gasteiger partial charge in [0.25, 0.3) is 0 Å². The topological polar surface area (TPSA) is 58.4 Å². The number of nitrogens with one attached hydrogen (secondary N) is 1. The van der Waals surface area contributed by atoms with Crippen molar-refractivity contribution in [1.82, 2.24) is 4.90 Å². The van der Waals surface area contributed by atoms with E-state index in [-0.39, 0.29) is 6.03 Å². The number of likely N-dealkylation sites (tertiary alicyclic amines) is 1. The summed E-state index contributed by atoms with van der Waals surface area (Å²) < 4.78 is 0. The van der Waals surface area contributed by atoms with Crippen LogP contribution in [0.25, 0.3) is 0 Å². The van der Waals surface area contributed by atoms with Crippen molar-refractivity contribution in [2.24, 2.45) is 5.92 Å². The monoisotopic (exact) mass is 327 g/mol. The molecule has 1 atom stereocenters. The molecule has 0 unspecified atom stereocenters. The van der Waals surface area contributed by atoms with Gasteiger partial charge in [-0.15, -0.1) is 0 Å². The second-order valence-electron chi connectivity index (χ2n) is 5.88. The number of hydrogen-bond donors (Lipinski definition) is 2. The van der Waals surface area contributed by atoms with Crippen LogP contribution in [0.5, 0.6) is 0 Å². The van der Waals surface area contributed by atoms with Crippen molar-refractivity contribution in [3.63, 3.8) is 0 Å². The highest BCUT2D eigenvalue weighted by atomic mass is 35.5. The predicted molar refractivity (Wildman–Crippen MR) is 87.0 cm³/mol. The number of rotatable bonds is 2. The minimum Gasteiger partial charge on any atom is -0.396 e. The molecular weight excluding hydrogens is 309 g/mol. The van der Waals surface area contributed by atoms with Crippen LogP contribution < -0.4 is 11.1 Å². The summed E-state index contributed by atoms with van der Waals surface area (Å²) in [4.78, 5) is 14.4. The molecule has 1 heterocycles. The molecule has 2 fully saturated rings. The molecule has 6 heteroatoms. The highest BCUT2D eigenvalue weighted by molar-refractivity contribution is 6.39. The van der Waals surface area contributed by atoms with Crippen LogP contribution in [-0.4, -0.2) is 23.5 Å². The fourth-order valence-electron chi connectivity index (χ4n) is 3.21. The lowest BCUT2D eigenvalue weighted by Gasteiger charge is -2.36. The molecule has 1 aliphatic carbocycles.